The second-order valence-corrected chi connectivity index (χ2v) is 9.19. The van der Waals surface area contributed by atoms with Crippen LogP contribution in [-0.4, -0.2) is 43.7 Å². The fourth-order valence-electron chi connectivity index (χ4n) is 2.94. The number of rotatable bonds is 6. The fourth-order valence-corrected chi connectivity index (χ4v) is 3.70. The largest absolute Gasteiger partial charge is 0.480 e. The Morgan fingerprint density at radius 1 is 1.13 bits per heavy atom. The molecule has 0 aromatic heterocycles. The Bertz CT molecular complexity index is 533. The van der Waals surface area contributed by atoms with E-state index in [0.29, 0.717) is 0 Å². The van der Waals surface area contributed by atoms with Crippen molar-refractivity contribution in [2.24, 2.45) is 11.3 Å². The molecule has 1 fully saturated rings. The standard InChI is InChI=1S/C15H28N2O5S/c1-15(2,3)12(14(19)20)16-13(18)11(17-23(4,21)22)10-8-6-5-7-9-10/h10-12,17H,5-9H2,1-4H3,(H,16,18)(H,19,20)/t11-,12+/m0/s1. The Balaban J connectivity index is 2.96. The van der Waals surface area contributed by atoms with Crippen LogP contribution in [0.25, 0.3) is 0 Å². The number of hydrogen-bond donors (Lipinski definition) is 3. The number of carbonyl (C=O) groups excluding carboxylic acids is 1. The highest BCUT2D eigenvalue weighted by molar-refractivity contribution is 7.88. The Kier molecular flexibility index (Phi) is 6.59. The Hall–Kier alpha value is -1.15. The van der Waals surface area contributed by atoms with E-state index in [1.54, 1.807) is 20.8 Å². The van der Waals surface area contributed by atoms with Crippen molar-refractivity contribution in [2.45, 2.75) is 65.0 Å². The van der Waals surface area contributed by atoms with Crippen molar-refractivity contribution >= 4 is 21.9 Å². The van der Waals surface area contributed by atoms with Gasteiger partial charge in [-0.1, -0.05) is 40.0 Å². The Labute approximate surface area is 138 Å². The van der Waals surface area contributed by atoms with Crippen LogP contribution in [0, 0.1) is 11.3 Å². The van der Waals surface area contributed by atoms with Gasteiger partial charge in [-0.15, -0.1) is 0 Å². The Morgan fingerprint density at radius 2 is 1.65 bits per heavy atom. The quantitative estimate of drug-likeness (QED) is 0.665. The number of amides is 1. The maximum Gasteiger partial charge on any atom is 0.326 e. The average Bonchev–Trinajstić information content (AvgIpc) is 2.40. The zero-order valence-electron chi connectivity index (χ0n) is 14.3. The molecule has 0 unspecified atom stereocenters. The summed E-state index contributed by atoms with van der Waals surface area (Å²) in [6.07, 6.45) is 5.49. The molecule has 3 N–H and O–H groups in total. The number of nitrogens with one attached hydrogen (secondary N) is 2. The smallest absolute Gasteiger partial charge is 0.326 e. The van der Waals surface area contributed by atoms with Crippen LogP contribution in [0.1, 0.15) is 52.9 Å². The third-order valence-corrected chi connectivity index (χ3v) is 4.83. The third-order valence-electron chi connectivity index (χ3n) is 4.14. The summed E-state index contributed by atoms with van der Waals surface area (Å²) in [5.74, 6) is -1.80. The molecule has 1 amide bonds. The van der Waals surface area contributed by atoms with Crippen LogP contribution in [0.3, 0.4) is 0 Å². The van der Waals surface area contributed by atoms with E-state index in [2.05, 4.69) is 10.0 Å². The first-order chi connectivity index (χ1) is 10.4. The average molecular weight is 348 g/mol. The van der Waals surface area contributed by atoms with E-state index >= 15 is 0 Å². The molecule has 134 valence electrons. The van der Waals surface area contributed by atoms with Crippen LogP contribution < -0.4 is 10.0 Å². The van der Waals surface area contributed by atoms with E-state index in [4.69, 9.17) is 0 Å². The second-order valence-electron chi connectivity index (χ2n) is 7.41. The molecule has 0 aromatic rings. The third kappa shape index (κ3) is 6.47. The van der Waals surface area contributed by atoms with Gasteiger partial charge in [0, 0.05) is 0 Å². The predicted molar refractivity (Wildman–Crippen MR) is 87.4 cm³/mol. The monoisotopic (exact) mass is 348 g/mol. The summed E-state index contributed by atoms with van der Waals surface area (Å²) in [7, 11) is -3.57. The minimum absolute atomic E-state index is 0.104. The first-order valence-electron chi connectivity index (χ1n) is 7.92. The fraction of sp³-hybridized carbons (Fsp3) is 0.867. The number of carboxylic acid groups (broad SMARTS) is 1. The van der Waals surface area contributed by atoms with E-state index in [1.807, 2.05) is 0 Å². The van der Waals surface area contributed by atoms with Gasteiger partial charge in [-0.25, -0.2) is 17.9 Å². The summed E-state index contributed by atoms with van der Waals surface area (Å²) in [4.78, 5) is 24.0. The molecule has 1 aliphatic rings. The van der Waals surface area contributed by atoms with E-state index < -0.39 is 39.4 Å². The molecule has 7 nitrogen and oxygen atoms in total. The molecular weight excluding hydrogens is 320 g/mol. The van der Waals surface area contributed by atoms with Crippen LogP contribution in [0.2, 0.25) is 0 Å². The van der Waals surface area contributed by atoms with Crippen molar-refractivity contribution in [2.75, 3.05) is 6.26 Å². The summed E-state index contributed by atoms with van der Waals surface area (Å²) in [5, 5.41) is 11.8. The molecule has 23 heavy (non-hydrogen) atoms. The topological polar surface area (TPSA) is 113 Å². The van der Waals surface area contributed by atoms with Gasteiger partial charge in [0.1, 0.15) is 12.1 Å². The number of carboxylic acids is 1. The van der Waals surface area contributed by atoms with Gasteiger partial charge in [-0.3, -0.25) is 4.79 Å². The summed E-state index contributed by atoms with van der Waals surface area (Å²) in [6, 6.07) is -2.00. The zero-order chi connectivity index (χ0) is 17.8. The SMILES string of the molecule is CC(C)(C)[C@H](NC(=O)[C@@H](NS(C)(=O)=O)C1CCCCC1)C(=O)O. The summed E-state index contributed by atoms with van der Waals surface area (Å²) in [5.41, 5.74) is -0.677. The number of hydrogen-bond acceptors (Lipinski definition) is 4. The molecule has 0 spiro atoms. The van der Waals surface area contributed by atoms with Gasteiger partial charge in [0.05, 0.1) is 6.26 Å². The lowest BCUT2D eigenvalue weighted by molar-refractivity contribution is -0.145. The highest BCUT2D eigenvalue weighted by atomic mass is 32.2. The highest BCUT2D eigenvalue weighted by Gasteiger charge is 2.37. The number of aliphatic carboxylic acids is 1. The van der Waals surface area contributed by atoms with Crippen LogP contribution in [0.15, 0.2) is 0 Å². The van der Waals surface area contributed by atoms with Crippen molar-refractivity contribution in [3.05, 3.63) is 0 Å². The van der Waals surface area contributed by atoms with Crippen LogP contribution in [0.4, 0.5) is 0 Å². The second kappa shape index (κ2) is 7.61. The molecule has 1 aliphatic carbocycles. The molecule has 0 bridgehead atoms. The molecule has 8 heteroatoms. The molecule has 0 aromatic carbocycles. The van der Waals surface area contributed by atoms with Crippen molar-refractivity contribution in [3.63, 3.8) is 0 Å². The molecule has 0 saturated heterocycles. The first-order valence-corrected chi connectivity index (χ1v) is 9.81. The van der Waals surface area contributed by atoms with E-state index in [1.165, 1.54) is 0 Å². The first kappa shape index (κ1) is 19.9. The molecule has 1 rings (SSSR count). The van der Waals surface area contributed by atoms with Gasteiger partial charge in [0.2, 0.25) is 15.9 Å². The van der Waals surface area contributed by atoms with Gasteiger partial charge >= 0.3 is 5.97 Å². The van der Waals surface area contributed by atoms with Crippen molar-refractivity contribution in [1.29, 1.82) is 0 Å². The summed E-state index contributed by atoms with van der Waals surface area (Å²) >= 11 is 0. The molecule has 1 saturated carbocycles. The van der Waals surface area contributed by atoms with Gasteiger partial charge < -0.3 is 10.4 Å². The van der Waals surface area contributed by atoms with Crippen LogP contribution >= 0.6 is 0 Å². The minimum atomic E-state index is -3.57. The zero-order valence-corrected chi connectivity index (χ0v) is 15.1. The minimum Gasteiger partial charge on any atom is -0.480 e. The Morgan fingerprint density at radius 3 is 2.04 bits per heavy atom. The lowest BCUT2D eigenvalue weighted by Crippen LogP contribution is -2.57. The lowest BCUT2D eigenvalue weighted by Gasteiger charge is -2.33. The predicted octanol–water partition coefficient (Wildman–Crippen LogP) is 1.10. The maximum atomic E-state index is 12.6. The summed E-state index contributed by atoms with van der Waals surface area (Å²) < 4.78 is 25.6. The van der Waals surface area contributed by atoms with Crippen LogP contribution in [-0.2, 0) is 19.6 Å². The molecule has 0 heterocycles. The van der Waals surface area contributed by atoms with E-state index in [-0.39, 0.29) is 5.92 Å². The molecule has 2 atom stereocenters. The summed E-state index contributed by atoms with van der Waals surface area (Å²) in [6.45, 7) is 5.14. The van der Waals surface area contributed by atoms with Crippen molar-refractivity contribution in [1.82, 2.24) is 10.0 Å². The molecular formula is C15H28N2O5S. The van der Waals surface area contributed by atoms with Crippen LogP contribution in [0.5, 0.6) is 0 Å². The maximum absolute atomic E-state index is 12.6. The van der Waals surface area contributed by atoms with Gasteiger partial charge in [0.15, 0.2) is 0 Å². The highest BCUT2D eigenvalue weighted by Crippen LogP contribution is 2.27. The van der Waals surface area contributed by atoms with Gasteiger partial charge in [-0.05, 0) is 24.2 Å². The van der Waals surface area contributed by atoms with Crippen molar-refractivity contribution < 1.29 is 23.1 Å². The molecule has 0 radical (unpaired) electrons. The van der Waals surface area contributed by atoms with Gasteiger partial charge in [-0.2, -0.15) is 0 Å². The molecule has 0 aliphatic heterocycles. The lowest BCUT2D eigenvalue weighted by atomic mass is 9.83. The van der Waals surface area contributed by atoms with Gasteiger partial charge in [0.25, 0.3) is 0 Å². The number of carbonyl (C=O) groups is 2. The van der Waals surface area contributed by atoms with Crippen molar-refractivity contribution in [3.8, 4) is 0 Å². The van der Waals surface area contributed by atoms with E-state index in [9.17, 15) is 23.1 Å². The number of sulfonamides is 1. The van der Waals surface area contributed by atoms with E-state index in [0.717, 1.165) is 38.4 Å². The normalized spacial score (nSPS) is 19.8.